The molecule has 1 aromatic heterocycles. The third kappa shape index (κ3) is 4.36. The molecule has 6 heteroatoms. The SMILES string of the molecule is O=C(CCC1CCCC1)N[C@H](Cc1cnc[nH]1)C(=O)O. The van der Waals surface area contributed by atoms with Crippen molar-refractivity contribution in [3.63, 3.8) is 0 Å². The minimum atomic E-state index is -1.02. The van der Waals surface area contributed by atoms with Crippen LogP contribution in [-0.4, -0.2) is 33.0 Å². The van der Waals surface area contributed by atoms with Gasteiger partial charge in [0, 0.05) is 24.7 Å². The Morgan fingerprint density at radius 2 is 2.20 bits per heavy atom. The maximum absolute atomic E-state index is 11.8. The van der Waals surface area contributed by atoms with E-state index in [1.807, 2.05) is 0 Å². The number of H-pyrrole nitrogens is 1. The van der Waals surface area contributed by atoms with Crippen molar-refractivity contribution in [3.05, 3.63) is 18.2 Å². The smallest absolute Gasteiger partial charge is 0.326 e. The molecule has 1 aromatic rings. The number of hydrogen-bond acceptors (Lipinski definition) is 3. The quantitative estimate of drug-likeness (QED) is 0.704. The van der Waals surface area contributed by atoms with Gasteiger partial charge in [-0.3, -0.25) is 4.79 Å². The van der Waals surface area contributed by atoms with E-state index in [4.69, 9.17) is 5.11 Å². The van der Waals surface area contributed by atoms with Gasteiger partial charge >= 0.3 is 5.97 Å². The van der Waals surface area contributed by atoms with Gasteiger partial charge < -0.3 is 15.4 Å². The molecule has 1 amide bonds. The molecule has 2 rings (SSSR count). The Bertz CT molecular complexity index is 439. The number of carboxylic acid groups (broad SMARTS) is 1. The Balaban J connectivity index is 1.78. The summed E-state index contributed by atoms with van der Waals surface area (Å²) in [7, 11) is 0. The second-order valence-corrected chi connectivity index (χ2v) is 5.43. The highest BCUT2D eigenvalue weighted by atomic mass is 16.4. The van der Waals surface area contributed by atoms with Gasteiger partial charge in [0.2, 0.25) is 5.91 Å². The van der Waals surface area contributed by atoms with E-state index in [-0.39, 0.29) is 12.3 Å². The van der Waals surface area contributed by atoms with Crippen LogP contribution in [-0.2, 0) is 16.0 Å². The number of aliphatic carboxylic acids is 1. The van der Waals surface area contributed by atoms with E-state index in [9.17, 15) is 9.59 Å². The predicted molar refractivity (Wildman–Crippen MR) is 73.1 cm³/mol. The first-order valence-corrected chi connectivity index (χ1v) is 7.14. The molecule has 0 unspecified atom stereocenters. The first-order valence-electron chi connectivity index (χ1n) is 7.14. The van der Waals surface area contributed by atoms with Crippen LogP contribution in [0.2, 0.25) is 0 Å². The summed E-state index contributed by atoms with van der Waals surface area (Å²) < 4.78 is 0. The van der Waals surface area contributed by atoms with Crippen LogP contribution >= 0.6 is 0 Å². The molecule has 0 saturated heterocycles. The molecule has 1 atom stereocenters. The van der Waals surface area contributed by atoms with Crippen LogP contribution in [0.25, 0.3) is 0 Å². The molecule has 6 nitrogen and oxygen atoms in total. The second kappa shape index (κ2) is 7.07. The van der Waals surface area contributed by atoms with Crippen molar-refractivity contribution < 1.29 is 14.7 Å². The molecule has 1 fully saturated rings. The number of imidazole rings is 1. The molecule has 20 heavy (non-hydrogen) atoms. The van der Waals surface area contributed by atoms with Crippen LogP contribution < -0.4 is 5.32 Å². The summed E-state index contributed by atoms with van der Waals surface area (Å²) in [6.45, 7) is 0. The van der Waals surface area contributed by atoms with Crippen molar-refractivity contribution in [1.29, 1.82) is 0 Å². The lowest BCUT2D eigenvalue weighted by Gasteiger charge is -2.14. The number of nitrogens with zero attached hydrogens (tertiary/aromatic N) is 1. The van der Waals surface area contributed by atoms with E-state index in [1.54, 1.807) is 6.20 Å². The number of carboxylic acids is 1. The second-order valence-electron chi connectivity index (χ2n) is 5.43. The van der Waals surface area contributed by atoms with Crippen LogP contribution in [0.5, 0.6) is 0 Å². The molecule has 0 aromatic carbocycles. The molecule has 110 valence electrons. The van der Waals surface area contributed by atoms with Crippen molar-refractivity contribution in [1.82, 2.24) is 15.3 Å². The zero-order valence-corrected chi connectivity index (χ0v) is 11.5. The van der Waals surface area contributed by atoms with Crippen LogP contribution in [0.3, 0.4) is 0 Å². The molecular formula is C14H21N3O3. The fraction of sp³-hybridized carbons (Fsp3) is 0.643. The van der Waals surface area contributed by atoms with Crippen molar-refractivity contribution in [2.45, 2.75) is 51.0 Å². The average Bonchev–Trinajstić information content (AvgIpc) is 3.08. The topological polar surface area (TPSA) is 95.1 Å². The highest BCUT2D eigenvalue weighted by Gasteiger charge is 2.22. The Labute approximate surface area is 118 Å². The lowest BCUT2D eigenvalue weighted by atomic mass is 10.0. The number of hydrogen-bond donors (Lipinski definition) is 3. The first kappa shape index (κ1) is 14.6. The van der Waals surface area contributed by atoms with Gasteiger partial charge in [-0.15, -0.1) is 0 Å². The Morgan fingerprint density at radius 3 is 2.80 bits per heavy atom. The van der Waals surface area contributed by atoms with Gasteiger partial charge in [0.15, 0.2) is 0 Å². The van der Waals surface area contributed by atoms with Gasteiger partial charge in [0.1, 0.15) is 6.04 Å². The molecule has 1 aliphatic carbocycles. The largest absolute Gasteiger partial charge is 0.480 e. The highest BCUT2D eigenvalue weighted by molar-refractivity contribution is 5.83. The Morgan fingerprint density at radius 1 is 1.45 bits per heavy atom. The maximum atomic E-state index is 11.8. The lowest BCUT2D eigenvalue weighted by Crippen LogP contribution is -2.42. The summed E-state index contributed by atoms with van der Waals surface area (Å²) in [4.78, 5) is 29.7. The van der Waals surface area contributed by atoms with Crippen LogP contribution in [0.4, 0.5) is 0 Å². The standard InChI is InChI=1S/C14H21N3O3/c18-13(6-5-10-3-1-2-4-10)17-12(14(19)20)7-11-8-15-9-16-11/h8-10,12H,1-7H2,(H,15,16)(H,17,18)(H,19,20)/t12-/m1/s1. The van der Waals surface area contributed by atoms with Crippen molar-refractivity contribution in [2.24, 2.45) is 5.92 Å². The summed E-state index contributed by atoms with van der Waals surface area (Å²) in [6.07, 6.45) is 9.47. The summed E-state index contributed by atoms with van der Waals surface area (Å²) in [6, 6.07) is -0.897. The van der Waals surface area contributed by atoms with Crippen molar-refractivity contribution in [3.8, 4) is 0 Å². The third-order valence-corrected chi connectivity index (χ3v) is 3.87. The van der Waals surface area contributed by atoms with E-state index in [0.717, 1.165) is 6.42 Å². The van der Waals surface area contributed by atoms with Crippen LogP contribution in [0.1, 0.15) is 44.2 Å². The minimum Gasteiger partial charge on any atom is -0.480 e. The zero-order valence-electron chi connectivity index (χ0n) is 11.5. The first-order chi connectivity index (χ1) is 9.65. The monoisotopic (exact) mass is 279 g/mol. The number of carbonyl (C=O) groups is 2. The number of amides is 1. The van der Waals surface area contributed by atoms with Gasteiger partial charge in [-0.25, -0.2) is 9.78 Å². The van der Waals surface area contributed by atoms with Crippen LogP contribution in [0.15, 0.2) is 12.5 Å². The molecule has 3 N–H and O–H groups in total. The van der Waals surface area contributed by atoms with Gasteiger partial charge in [0.25, 0.3) is 0 Å². The summed E-state index contributed by atoms with van der Waals surface area (Å²) in [5.74, 6) is -0.561. The van der Waals surface area contributed by atoms with Gasteiger partial charge in [-0.05, 0) is 12.3 Å². The molecule has 0 bridgehead atoms. The molecular weight excluding hydrogens is 258 g/mol. The number of nitrogens with one attached hydrogen (secondary N) is 2. The maximum Gasteiger partial charge on any atom is 0.326 e. The fourth-order valence-electron chi connectivity index (χ4n) is 2.72. The fourth-order valence-corrected chi connectivity index (χ4v) is 2.72. The Hall–Kier alpha value is -1.85. The molecule has 0 spiro atoms. The lowest BCUT2D eigenvalue weighted by molar-refractivity contribution is -0.141. The van der Waals surface area contributed by atoms with E-state index in [1.165, 1.54) is 32.0 Å². The van der Waals surface area contributed by atoms with Gasteiger partial charge in [-0.2, -0.15) is 0 Å². The van der Waals surface area contributed by atoms with Crippen molar-refractivity contribution >= 4 is 11.9 Å². The molecule has 0 aliphatic heterocycles. The third-order valence-electron chi connectivity index (χ3n) is 3.87. The average molecular weight is 279 g/mol. The normalized spacial score (nSPS) is 17.0. The van der Waals surface area contributed by atoms with Crippen LogP contribution in [0, 0.1) is 5.92 Å². The zero-order chi connectivity index (χ0) is 14.4. The summed E-state index contributed by atoms with van der Waals surface area (Å²) >= 11 is 0. The number of aromatic nitrogens is 2. The minimum absolute atomic E-state index is 0.177. The van der Waals surface area contributed by atoms with Gasteiger partial charge in [0.05, 0.1) is 6.33 Å². The van der Waals surface area contributed by atoms with E-state index >= 15 is 0 Å². The number of aromatic amines is 1. The molecule has 0 radical (unpaired) electrons. The van der Waals surface area contributed by atoms with E-state index < -0.39 is 12.0 Å². The summed E-state index contributed by atoms with van der Waals surface area (Å²) in [5.41, 5.74) is 0.702. The van der Waals surface area contributed by atoms with Gasteiger partial charge in [-0.1, -0.05) is 25.7 Å². The van der Waals surface area contributed by atoms with Crippen molar-refractivity contribution in [2.75, 3.05) is 0 Å². The highest BCUT2D eigenvalue weighted by Crippen LogP contribution is 2.28. The molecule has 1 saturated carbocycles. The summed E-state index contributed by atoms with van der Waals surface area (Å²) in [5, 5.41) is 11.7. The number of rotatable bonds is 7. The van der Waals surface area contributed by atoms with E-state index in [0.29, 0.717) is 18.0 Å². The number of carbonyl (C=O) groups excluding carboxylic acids is 1. The molecule has 1 heterocycles. The Kier molecular flexibility index (Phi) is 5.15. The molecule has 1 aliphatic rings. The van der Waals surface area contributed by atoms with E-state index in [2.05, 4.69) is 15.3 Å². The predicted octanol–water partition coefficient (Wildman–Crippen LogP) is 1.49.